The second-order valence-corrected chi connectivity index (χ2v) is 9.16. The Morgan fingerprint density at radius 3 is 2.73 bits per heavy atom. The monoisotopic (exact) mass is 468 g/mol. The summed E-state index contributed by atoms with van der Waals surface area (Å²) < 4.78 is 0. The first-order chi connectivity index (χ1) is 15.8. The van der Waals surface area contributed by atoms with Crippen molar-refractivity contribution in [2.75, 3.05) is 17.7 Å². The number of amides is 1. The minimum atomic E-state index is 0.00191. The highest BCUT2D eigenvalue weighted by Gasteiger charge is 2.29. The van der Waals surface area contributed by atoms with Gasteiger partial charge < -0.3 is 15.6 Å². The molecule has 2 N–H and O–H groups in total. The van der Waals surface area contributed by atoms with Gasteiger partial charge in [-0.2, -0.15) is 0 Å². The van der Waals surface area contributed by atoms with Crippen LogP contribution in [0.1, 0.15) is 70.7 Å². The fourth-order valence-corrected chi connectivity index (χ4v) is 4.34. The predicted octanol–water partition coefficient (Wildman–Crippen LogP) is 5.93. The first kappa shape index (κ1) is 26.5. The maximum atomic E-state index is 12.9. The van der Waals surface area contributed by atoms with Gasteiger partial charge in [0.2, 0.25) is 0 Å². The number of thioether (sulfide) groups is 1. The third-order valence-corrected chi connectivity index (χ3v) is 6.28. The van der Waals surface area contributed by atoms with Crippen molar-refractivity contribution >= 4 is 41.6 Å². The van der Waals surface area contributed by atoms with Gasteiger partial charge in [-0.15, -0.1) is 11.8 Å². The highest BCUT2D eigenvalue weighted by atomic mass is 32.2. The van der Waals surface area contributed by atoms with Gasteiger partial charge in [0.05, 0.1) is 17.1 Å². The predicted molar refractivity (Wildman–Crippen MR) is 142 cm³/mol. The fourth-order valence-electron chi connectivity index (χ4n) is 3.62. The number of hydrogen-bond donors (Lipinski definition) is 2. The van der Waals surface area contributed by atoms with Crippen LogP contribution in [0.5, 0.6) is 0 Å². The second-order valence-electron chi connectivity index (χ2n) is 8.31. The molecule has 1 aromatic rings. The molecule has 1 saturated heterocycles. The van der Waals surface area contributed by atoms with Crippen molar-refractivity contribution in [3.05, 3.63) is 46.3 Å². The van der Waals surface area contributed by atoms with Gasteiger partial charge in [-0.05, 0) is 76.8 Å². The van der Waals surface area contributed by atoms with E-state index in [4.69, 9.17) is 5.41 Å². The first-order valence-electron chi connectivity index (χ1n) is 11.3. The van der Waals surface area contributed by atoms with Crippen molar-refractivity contribution in [2.24, 2.45) is 9.98 Å². The molecule has 178 valence electrons. The SMILES string of the molecule is C=NC(=C\SCNc1ccc(C(=O)N2CCC[C@@H]2CC(=N)CC)cn1)/C(C)=C(\C)N=C(C)C. The number of nitrogens with zero attached hydrogens (tertiary/aromatic N) is 4. The standard InChI is InChI=1S/C25H36N6OS/c1-7-21(26)13-22-9-8-12-31(22)25(32)20-10-11-24(28-14-20)29-16-33-15-23(27-6)18(4)19(5)30-17(2)3/h10-11,14-15,22,26H,6-9,12-13,16H2,1-5H3,(H,28,29)/b19-18+,23-15-,26-21?/t22-/m1/s1. The van der Waals surface area contributed by atoms with Crippen LogP contribution in [-0.2, 0) is 0 Å². The van der Waals surface area contributed by atoms with Gasteiger partial charge in [0.15, 0.2) is 0 Å². The van der Waals surface area contributed by atoms with Gasteiger partial charge in [-0.3, -0.25) is 14.8 Å². The number of likely N-dealkylation sites (tertiary alicyclic amines) is 1. The van der Waals surface area contributed by atoms with Gasteiger partial charge in [0, 0.05) is 42.3 Å². The number of pyridine rings is 1. The summed E-state index contributed by atoms with van der Waals surface area (Å²) >= 11 is 1.56. The molecule has 0 aliphatic carbocycles. The molecule has 1 aromatic heterocycles. The lowest BCUT2D eigenvalue weighted by molar-refractivity contribution is 0.0740. The highest BCUT2D eigenvalue weighted by molar-refractivity contribution is 8.02. The highest BCUT2D eigenvalue weighted by Crippen LogP contribution is 2.24. The van der Waals surface area contributed by atoms with Crippen LogP contribution in [-0.4, -0.2) is 52.4 Å². The van der Waals surface area contributed by atoms with Crippen molar-refractivity contribution in [1.82, 2.24) is 9.88 Å². The third kappa shape index (κ3) is 7.96. The van der Waals surface area contributed by atoms with E-state index in [1.165, 1.54) is 0 Å². The summed E-state index contributed by atoms with van der Waals surface area (Å²) in [5.74, 6) is 1.32. The lowest BCUT2D eigenvalue weighted by Crippen LogP contribution is -2.36. The van der Waals surface area contributed by atoms with Gasteiger partial charge in [0.1, 0.15) is 5.82 Å². The summed E-state index contributed by atoms with van der Waals surface area (Å²) in [7, 11) is 0. The van der Waals surface area contributed by atoms with Crippen LogP contribution in [0.2, 0.25) is 0 Å². The van der Waals surface area contributed by atoms with Crippen molar-refractivity contribution in [3.63, 3.8) is 0 Å². The van der Waals surface area contributed by atoms with Crippen molar-refractivity contribution in [1.29, 1.82) is 5.41 Å². The van der Waals surface area contributed by atoms with Crippen LogP contribution in [0.4, 0.5) is 5.82 Å². The minimum Gasteiger partial charge on any atom is -0.361 e. The summed E-state index contributed by atoms with van der Waals surface area (Å²) in [6.07, 6.45) is 4.99. The first-order valence-corrected chi connectivity index (χ1v) is 12.4. The Balaban J connectivity index is 1.93. The lowest BCUT2D eigenvalue weighted by Gasteiger charge is -2.25. The average molecular weight is 469 g/mol. The van der Waals surface area contributed by atoms with E-state index in [1.807, 2.05) is 57.1 Å². The molecule has 2 rings (SSSR count). The summed E-state index contributed by atoms with van der Waals surface area (Å²) in [5, 5.41) is 13.2. The number of carbonyl (C=O) groups excluding carboxylic acids is 1. The molecule has 0 spiro atoms. The quantitative estimate of drug-likeness (QED) is 0.182. The minimum absolute atomic E-state index is 0.00191. The van der Waals surface area contributed by atoms with Gasteiger partial charge >= 0.3 is 0 Å². The Morgan fingerprint density at radius 1 is 1.36 bits per heavy atom. The Hall–Kier alpha value is -2.74. The molecule has 0 saturated carbocycles. The van der Waals surface area contributed by atoms with Crippen molar-refractivity contribution in [3.8, 4) is 0 Å². The van der Waals surface area contributed by atoms with E-state index >= 15 is 0 Å². The molecule has 8 heteroatoms. The fraction of sp³-hybridized carbons (Fsp3) is 0.480. The van der Waals surface area contributed by atoms with Crippen LogP contribution >= 0.6 is 11.8 Å². The molecule has 33 heavy (non-hydrogen) atoms. The summed E-state index contributed by atoms with van der Waals surface area (Å²) in [6, 6.07) is 3.78. The van der Waals surface area contributed by atoms with E-state index in [0.717, 1.165) is 48.5 Å². The molecule has 2 heterocycles. The van der Waals surface area contributed by atoms with E-state index in [-0.39, 0.29) is 11.9 Å². The molecular weight excluding hydrogens is 432 g/mol. The van der Waals surface area contributed by atoms with Crippen LogP contribution < -0.4 is 5.32 Å². The van der Waals surface area contributed by atoms with Crippen molar-refractivity contribution in [2.45, 2.75) is 66.3 Å². The van der Waals surface area contributed by atoms with Crippen LogP contribution in [0.25, 0.3) is 0 Å². The number of aliphatic imine (C=N–C) groups is 2. The van der Waals surface area contributed by atoms with E-state index < -0.39 is 0 Å². The molecule has 1 amide bonds. The normalized spacial score (nSPS) is 16.8. The van der Waals surface area contributed by atoms with Crippen LogP contribution in [0.15, 0.2) is 50.7 Å². The zero-order chi connectivity index (χ0) is 24.4. The number of anilines is 1. The number of nitrogens with one attached hydrogen (secondary N) is 2. The maximum absolute atomic E-state index is 12.9. The van der Waals surface area contributed by atoms with Crippen LogP contribution in [0, 0.1) is 5.41 Å². The molecule has 1 aliphatic heterocycles. The number of allylic oxidation sites excluding steroid dienone is 2. The molecule has 7 nitrogen and oxygen atoms in total. The Kier molecular flexibility index (Phi) is 10.5. The largest absolute Gasteiger partial charge is 0.361 e. The summed E-state index contributed by atoms with van der Waals surface area (Å²) in [6.45, 7) is 14.3. The lowest BCUT2D eigenvalue weighted by atomic mass is 10.1. The Bertz CT molecular complexity index is 944. The number of carbonyl (C=O) groups is 1. The molecule has 0 aromatic carbocycles. The van der Waals surface area contributed by atoms with Gasteiger partial charge in [0.25, 0.3) is 5.91 Å². The Morgan fingerprint density at radius 2 is 2.12 bits per heavy atom. The molecule has 1 aliphatic rings. The molecule has 1 fully saturated rings. The number of aromatic nitrogens is 1. The molecule has 1 atom stereocenters. The van der Waals surface area contributed by atoms with Crippen molar-refractivity contribution < 1.29 is 4.79 Å². The molecular formula is C25H36N6OS. The smallest absolute Gasteiger partial charge is 0.255 e. The van der Waals surface area contributed by atoms with E-state index in [1.54, 1.807) is 18.0 Å². The third-order valence-electron chi connectivity index (χ3n) is 5.58. The molecule has 0 unspecified atom stereocenters. The zero-order valence-corrected chi connectivity index (χ0v) is 21.3. The van der Waals surface area contributed by atoms with Crippen LogP contribution in [0.3, 0.4) is 0 Å². The van der Waals surface area contributed by atoms with Gasteiger partial charge in [-0.25, -0.2) is 4.98 Å². The zero-order valence-electron chi connectivity index (χ0n) is 20.4. The van der Waals surface area contributed by atoms with E-state index in [2.05, 4.69) is 27.0 Å². The van der Waals surface area contributed by atoms with E-state index in [0.29, 0.717) is 29.4 Å². The molecule has 0 radical (unpaired) electrons. The Labute approximate surface area is 202 Å². The van der Waals surface area contributed by atoms with E-state index in [9.17, 15) is 4.79 Å². The van der Waals surface area contributed by atoms with Gasteiger partial charge in [-0.1, -0.05) is 6.92 Å². The molecule has 0 bridgehead atoms. The average Bonchev–Trinajstić information content (AvgIpc) is 3.26. The number of hydrogen-bond acceptors (Lipinski definition) is 7. The summed E-state index contributed by atoms with van der Waals surface area (Å²) in [4.78, 5) is 27.9. The summed E-state index contributed by atoms with van der Waals surface area (Å²) in [5.41, 5.74) is 5.01. The second kappa shape index (κ2) is 13.1. The number of rotatable bonds is 11. The topological polar surface area (TPSA) is 93.8 Å². The maximum Gasteiger partial charge on any atom is 0.255 e.